The average molecular weight is 309 g/mol. The van der Waals surface area contributed by atoms with Crippen molar-refractivity contribution >= 4 is 0 Å². The molecule has 2 aromatic rings. The van der Waals surface area contributed by atoms with Crippen LogP contribution in [0.25, 0.3) is 0 Å². The number of hydrogen-bond acceptors (Lipinski definition) is 3. The molecule has 1 aliphatic heterocycles. The molecule has 0 spiro atoms. The molecule has 4 nitrogen and oxygen atoms in total. The van der Waals surface area contributed by atoms with Crippen LogP contribution in [0, 0.1) is 0 Å². The fraction of sp³-hybridized carbons (Fsp3) is 0.474. The lowest BCUT2D eigenvalue weighted by atomic mass is 10.0. The molecule has 2 heterocycles. The van der Waals surface area contributed by atoms with E-state index >= 15 is 0 Å². The summed E-state index contributed by atoms with van der Waals surface area (Å²) in [6.07, 6.45) is 4.27. The first-order valence-electron chi connectivity index (χ1n) is 8.65. The maximum atomic E-state index is 12.4. The van der Waals surface area contributed by atoms with Gasteiger partial charge < -0.3 is 4.98 Å². The van der Waals surface area contributed by atoms with E-state index in [1.54, 1.807) is 0 Å². The number of aromatic amines is 1. The summed E-state index contributed by atoms with van der Waals surface area (Å²) in [5.41, 5.74) is 4.74. The van der Waals surface area contributed by atoms with Gasteiger partial charge in [-0.2, -0.15) is 0 Å². The molecule has 2 aliphatic rings. The Kier molecular flexibility index (Phi) is 3.77. The Morgan fingerprint density at radius 1 is 1.26 bits per heavy atom. The molecular weight excluding hydrogens is 286 g/mol. The highest BCUT2D eigenvalue weighted by Crippen LogP contribution is 2.37. The number of aryl methyl sites for hydroxylation is 1. The zero-order valence-electron chi connectivity index (χ0n) is 13.6. The van der Waals surface area contributed by atoms with Crippen molar-refractivity contribution in [2.45, 2.75) is 51.6 Å². The van der Waals surface area contributed by atoms with E-state index in [9.17, 15) is 4.79 Å². The number of fused-ring (bicyclic) bond motifs is 1. The molecule has 1 fully saturated rings. The number of H-pyrrole nitrogens is 1. The van der Waals surface area contributed by atoms with Gasteiger partial charge in [-0.25, -0.2) is 4.98 Å². The van der Waals surface area contributed by atoms with Crippen LogP contribution in [0.1, 0.15) is 53.9 Å². The third-order valence-electron chi connectivity index (χ3n) is 5.02. The van der Waals surface area contributed by atoms with Gasteiger partial charge in [-0.05, 0) is 30.4 Å². The number of rotatable bonds is 4. The molecule has 1 saturated carbocycles. The van der Waals surface area contributed by atoms with Crippen LogP contribution in [0.4, 0.5) is 0 Å². The Bertz CT molecular complexity index is 776. The molecule has 1 aromatic heterocycles. The monoisotopic (exact) mass is 309 g/mol. The number of nitrogens with zero attached hydrogens (tertiary/aromatic N) is 2. The van der Waals surface area contributed by atoms with Crippen molar-refractivity contribution in [2.75, 3.05) is 6.54 Å². The second-order valence-electron chi connectivity index (χ2n) is 6.73. The molecule has 0 bridgehead atoms. The van der Waals surface area contributed by atoms with Gasteiger partial charge in [0.2, 0.25) is 0 Å². The van der Waals surface area contributed by atoms with Crippen LogP contribution in [0.15, 0.2) is 29.1 Å². The van der Waals surface area contributed by atoms with Crippen molar-refractivity contribution in [1.82, 2.24) is 14.9 Å². The van der Waals surface area contributed by atoms with E-state index in [1.165, 1.54) is 24.0 Å². The summed E-state index contributed by atoms with van der Waals surface area (Å²) in [4.78, 5) is 22.5. The molecule has 1 N–H and O–H groups in total. The Labute approximate surface area is 136 Å². The van der Waals surface area contributed by atoms with Gasteiger partial charge in [0.05, 0.1) is 11.3 Å². The van der Waals surface area contributed by atoms with Crippen molar-refractivity contribution in [1.29, 1.82) is 0 Å². The maximum Gasteiger partial charge on any atom is 0.255 e. The normalized spacial score (nSPS) is 18.0. The van der Waals surface area contributed by atoms with Gasteiger partial charge in [0.25, 0.3) is 5.56 Å². The van der Waals surface area contributed by atoms with Crippen molar-refractivity contribution in [2.24, 2.45) is 0 Å². The van der Waals surface area contributed by atoms with Gasteiger partial charge >= 0.3 is 0 Å². The first-order valence-corrected chi connectivity index (χ1v) is 8.65. The number of hydrogen-bond donors (Lipinski definition) is 1. The largest absolute Gasteiger partial charge is 0.310 e. The van der Waals surface area contributed by atoms with Gasteiger partial charge in [0.15, 0.2) is 0 Å². The van der Waals surface area contributed by atoms with Gasteiger partial charge in [-0.1, -0.05) is 31.2 Å². The molecule has 0 amide bonds. The molecule has 4 rings (SSSR count). The predicted octanol–water partition coefficient (Wildman–Crippen LogP) is 2.77. The first kappa shape index (κ1) is 14.6. The summed E-state index contributed by atoms with van der Waals surface area (Å²) in [7, 11) is 0. The molecule has 1 aromatic carbocycles. The number of aromatic nitrogens is 2. The Balaban J connectivity index is 1.55. The molecule has 0 radical (unpaired) electrons. The van der Waals surface area contributed by atoms with E-state index in [0.717, 1.165) is 43.0 Å². The Morgan fingerprint density at radius 2 is 2.04 bits per heavy atom. The zero-order chi connectivity index (χ0) is 15.8. The summed E-state index contributed by atoms with van der Waals surface area (Å²) < 4.78 is 0. The lowest BCUT2D eigenvalue weighted by molar-refractivity contribution is 0.241. The Hall–Kier alpha value is -1.94. The summed E-state index contributed by atoms with van der Waals surface area (Å²) in [6.45, 7) is 4.79. The summed E-state index contributed by atoms with van der Waals surface area (Å²) in [5.74, 6) is 1.42. The van der Waals surface area contributed by atoms with E-state index in [0.29, 0.717) is 12.5 Å². The van der Waals surface area contributed by atoms with E-state index in [4.69, 9.17) is 4.98 Å². The van der Waals surface area contributed by atoms with Crippen LogP contribution in [0.3, 0.4) is 0 Å². The van der Waals surface area contributed by atoms with E-state index in [-0.39, 0.29) is 5.56 Å². The van der Waals surface area contributed by atoms with E-state index in [2.05, 4.69) is 41.1 Å². The fourth-order valence-corrected chi connectivity index (χ4v) is 3.48. The maximum absolute atomic E-state index is 12.4. The lowest BCUT2D eigenvalue weighted by Crippen LogP contribution is -2.36. The second kappa shape index (κ2) is 5.93. The standard InChI is InChI=1S/C19H23N3O/c1-2-13-5-3-4-6-15(13)11-22-10-9-17-16(12-22)19(23)21-18(20-17)14-7-8-14/h3-6,14H,2,7-12H2,1H3,(H,20,21,23). The van der Waals surface area contributed by atoms with Crippen LogP contribution in [-0.4, -0.2) is 21.4 Å². The van der Waals surface area contributed by atoms with Gasteiger partial charge in [0.1, 0.15) is 5.82 Å². The molecule has 0 unspecified atom stereocenters. The van der Waals surface area contributed by atoms with Crippen molar-refractivity contribution in [3.05, 3.63) is 62.8 Å². The van der Waals surface area contributed by atoms with Crippen molar-refractivity contribution in [3.63, 3.8) is 0 Å². The second-order valence-corrected chi connectivity index (χ2v) is 6.73. The lowest BCUT2D eigenvalue weighted by Gasteiger charge is -2.28. The molecule has 1 aliphatic carbocycles. The number of nitrogens with one attached hydrogen (secondary N) is 1. The van der Waals surface area contributed by atoms with E-state index < -0.39 is 0 Å². The smallest absolute Gasteiger partial charge is 0.255 e. The van der Waals surface area contributed by atoms with Gasteiger partial charge in [-0.3, -0.25) is 9.69 Å². The molecule has 23 heavy (non-hydrogen) atoms. The minimum Gasteiger partial charge on any atom is -0.310 e. The van der Waals surface area contributed by atoms with Crippen LogP contribution in [0.5, 0.6) is 0 Å². The SMILES string of the molecule is CCc1ccccc1CN1CCc2nc(C3CC3)[nH]c(=O)c2C1. The highest BCUT2D eigenvalue weighted by atomic mass is 16.1. The highest BCUT2D eigenvalue weighted by molar-refractivity contribution is 5.28. The third-order valence-corrected chi connectivity index (χ3v) is 5.02. The van der Waals surface area contributed by atoms with Gasteiger partial charge in [-0.15, -0.1) is 0 Å². The molecule has 4 heteroatoms. The van der Waals surface area contributed by atoms with Crippen LogP contribution in [-0.2, 0) is 25.9 Å². The minimum atomic E-state index is 0.0744. The predicted molar refractivity (Wildman–Crippen MR) is 90.5 cm³/mol. The van der Waals surface area contributed by atoms with Crippen LogP contribution < -0.4 is 5.56 Å². The minimum absolute atomic E-state index is 0.0744. The highest BCUT2D eigenvalue weighted by Gasteiger charge is 2.29. The Morgan fingerprint density at radius 3 is 2.78 bits per heavy atom. The van der Waals surface area contributed by atoms with Crippen LogP contribution >= 0.6 is 0 Å². The van der Waals surface area contributed by atoms with Gasteiger partial charge in [0, 0.05) is 32.0 Å². The summed E-state index contributed by atoms with van der Waals surface area (Å²) in [5, 5.41) is 0. The quantitative estimate of drug-likeness (QED) is 0.945. The summed E-state index contributed by atoms with van der Waals surface area (Å²) in [6, 6.07) is 8.60. The van der Waals surface area contributed by atoms with Crippen molar-refractivity contribution in [3.8, 4) is 0 Å². The van der Waals surface area contributed by atoms with Crippen LogP contribution in [0.2, 0.25) is 0 Å². The molecular formula is C19H23N3O. The molecule has 0 atom stereocenters. The molecule has 120 valence electrons. The zero-order valence-corrected chi connectivity index (χ0v) is 13.6. The van der Waals surface area contributed by atoms with Crippen molar-refractivity contribution < 1.29 is 0 Å². The van der Waals surface area contributed by atoms with E-state index in [1.807, 2.05) is 0 Å². The molecule has 0 saturated heterocycles. The average Bonchev–Trinajstić information content (AvgIpc) is 3.41. The third kappa shape index (κ3) is 2.95. The first-order chi connectivity index (χ1) is 11.2. The number of benzene rings is 1. The topological polar surface area (TPSA) is 49.0 Å². The summed E-state index contributed by atoms with van der Waals surface area (Å²) >= 11 is 0. The fourth-order valence-electron chi connectivity index (χ4n) is 3.48.